The van der Waals surface area contributed by atoms with Crippen molar-refractivity contribution in [2.24, 2.45) is 0 Å². The van der Waals surface area contributed by atoms with Gasteiger partial charge in [0, 0.05) is 18.7 Å². The maximum atomic E-state index is 12.6. The molecule has 1 aromatic heterocycles. The zero-order valence-electron chi connectivity index (χ0n) is 14.2. The molecule has 1 saturated heterocycles. The first kappa shape index (κ1) is 17.0. The summed E-state index contributed by atoms with van der Waals surface area (Å²) in [4.78, 5) is 28.5. The Labute approximate surface area is 146 Å². The molecular formula is C19H20N2O4. The van der Waals surface area contributed by atoms with Crippen molar-refractivity contribution in [2.75, 3.05) is 27.2 Å². The number of carbonyl (C=O) groups excluding carboxylic acids is 2. The first-order valence-corrected chi connectivity index (χ1v) is 8.02. The van der Waals surface area contributed by atoms with Gasteiger partial charge in [-0.05, 0) is 26.2 Å². The summed E-state index contributed by atoms with van der Waals surface area (Å²) in [7, 11) is 3.78. The van der Waals surface area contributed by atoms with Crippen molar-refractivity contribution in [1.29, 1.82) is 0 Å². The number of likely N-dealkylation sites (tertiary alicyclic amines) is 1. The van der Waals surface area contributed by atoms with Gasteiger partial charge in [-0.1, -0.05) is 30.3 Å². The largest absolute Gasteiger partial charge is 0.507 e. The van der Waals surface area contributed by atoms with Crippen LogP contribution in [0.25, 0.3) is 5.76 Å². The predicted molar refractivity (Wildman–Crippen MR) is 92.7 cm³/mol. The van der Waals surface area contributed by atoms with E-state index in [1.807, 2.05) is 25.1 Å². The van der Waals surface area contributed by atoms with Crippen LogP contribution in [0.2, 0.25) is 0 Å². The standard InChI is InChI=1S/C19H20N2O4/c1-20(2)10-11-21-16(14-9-6-12-25-14)15(18(23)19(21)24)17(22)13-7-4-3-5-8-13/h3-9,12,16,22H,10-11H2,1-2H3/b17-15+/t16-/m0/s1. The highest BCUT2D eigenvalue weighted by Crippen LogP contribution is 2.39. The van der Waals surface area contributed by atoms with Crippen LogP contribution in [0.3, 0.4) is 0 Å². The Hall–Kier alpha value is -2.86. The summed E-state index contributed by atoms with van der Waals surface area (Å²) in [6.45, 7) is 0.949. The molecular weight excluding hydrogens is 320 g/mol. The minimum absolute atomic E-state index is 0.0601. The third kappa shape index (κ3) is 3.21. The summed E-state index contributed by atoms with van der Waals surface area (Å²) in [6.07, 6.45) is 1.49. The van der Waals surface area contributed by atoms with E-state index in [-0.39, 0.29) is 11.3 Å². The van der Waals surface area contributed by atoms with Crippen LogP contribution in [0.1, 0.15) is 17.4 Å². The molecule has 1 aromatic carbocycles. The molecule has 6 heteroatoms. The van der Waals surface area contributed by atoms with E-state index in [9.17, 15) is 14.7 Å². The van der Waals surface area contributed by atoms with Gasteiger partial charge in [-0.25, -0.2) is 0 Å². The third-order valence-corrected chi connectivity index (χ3v) is 4.19. The average Bonchev–Trinajstić information content (AvgIpc) is 3.21. The van der Waals surface area contributed by atoms with Gasteiger partial charge in [0.2, 0.25) is 0 Å². The van der Waals surface area contributed by atoms with E-state index < -0.39 is 17.7 Å². The SMILES string of the molecule is CN(C)CCN1C(=O)C(=O)/C(=C(/O)c2ccccc2)[C@@H]1c1ccco1. The van der Waals surface area contributed by atoms with Crippen molar-refractivity contribution in [1.82, 2.24) is 9.80 Å². The van der Waals surface area contributed by atoms with E-state index in [1.54, 1.807) is 36.4 Å². The second-order valence-corrected chi connectivity index (χ2v) is 6.18. The lowest BCUT2D eigenvalue weighted by Crippen LogP contribution is -2.35. The van der Waals surface area contributed by atoms with Crippen LogP contribution in [0.15, 0.2) is 58.7 Å². The van der Waals surface area contributed by atoms with Crippen LogP contribution < -0.4 is 0 Å². The van der Waals surface area contributed by atoms with Crippen LogP contribution in [-0.2, 0) is 9.59 Å². The number of hydrogen-bond acceptors (Lipinski definition) is 5. The van der Waals surface area contributed by atoms with Crippen LogP contribution in [0.4, 0.5) is 0 Å². The van der Waals surface area contributed by atoms with Gasteiger partial charge in [-0.3, -0.25) is 9.59 Å². The normalized spacial score (nSPS) is 19.8. The van der Waals surface area contributed by atoms with E-state index in [4.69, 9.17) is 4.42 Å². The number of Topliss-reactive ketones (excluding diaryl/α,β-unsaturated/α-hetero) is 1. The summed E-state index contributed by atoms with van der Waals surface area (Å²) in [5, 5.41) is 10.7. The van der Waals surface area contributed by atoms with Crippen LogP contribution in [0.5, 0.6) is 0 Å². The fourth-order valence-electron chi connectivity index (χ4n) is 2.91. The Morgan fingerprint density at radius 2 is 1.88 bits per heavy atom. The summed E-state index contributed by atoms with van der Waals surface area (Å²) >= 11 is 0. The van der Waals surface area contributed by atoms with E-state index >= 15 is 0 Å². The number of furan rings is 1. The monoisotopic (exact) mass is 340 g/mol. The highest BCUT2D eigenvalue weighted by molar-refractivity contribution is 6.46. The first-order chi connectivity index (χ1) is 12.0. The van der Waals surface area contributed by atoms with E-state index in [2.05, 4.69) is 0 Å². The lowest BCUT2D eigenvalue weighted by atomic mass is 9.99. The lowest BCUT2D eigenvalue weighted by Gasteiger charge is -2.24. The number of aliphatic hydroxyl groups is 1. The second-order valence-electron chi connectivity index (χ2n) is 6.18. The zero-order valence-corrected chi connectivity index (χ0v) is 14.2. The summed E-state index contributed by atoms with van der Waals surface area (Å²) in [6, 6.07) is 11.4. The molecule has 25 heavy (non-hydrogen) atoms. The Morgan fingerprint density at radius 1 is 1.16 bits per heavy atom. The Morgan fingerprint density at radius 3 is 2.48 bits per heavy atom. The molecule has 0 spiro atoms. The van der Waals surface area contributed by atoms with Crippen LogP contribution in [0, 0.1) is 0 Å². The van der Waals surface area contributed by atoms with Gasteiger partial charge in [-0.15, -0.1) is 0 Å². The Balaban J connectivity index is 2.09. The number of ketones is 1. The van der Waals surface area contributed by atoms with Crippen molar-refractivity contribution in [3.05, 3.63) is 65.6 Å². The van der Waals surface area contributed by atoms with Crippen molar-refractivity contribution in [3.63, 3.8) is 0 Å². The molecule has 130 valence electrons. The highest BCUT2D eigenvalue weighted by Gasteiger charge is 2.47. The van der Waals surface area contributed by atoms with E-state index in [0.29, 0.717) is 24.4 Å². The fourth-order valence-corrected chi connectivity index (χ4v) is 2.91. The summed E-state index contributed by atoms with van der Waals surface area (Å²) in [5.74, 6) is -1.05. The maximum absolute atomic E-state index is 12.6. The van der Waals surface area contributed by atoms with Crippen molar-refractivity contribution in [3.8, 4) is 0 Å². The molecule has 1 aliphatic rings. The number of rotatable bonds is 5. The molecule has 1 aliphatic heterocycles. The molecule has 0 bridgehead atoms. The maximum Gasteiger partial charge on any atom is 0.295 e. The molecule has 1 atom stereocenters. The highest BCUT2D eigenvalue weighted by atomic mass is 16.3. The number of aliphatic hydroxyl groups excluding tert-OH is 1. The molecule has 6 nitrogen and oxygen atoms in total. The van der Waals surface area contributed by atoms with Gasteiger partial charge in [0.05, 0.1) is 11.8 Å². The number of carbonyl (C=O) groups is 2. The van der Waals surface area contributed by atoms with Gasteiger partial charge >= 0.3 is 0 Å². The number of nitrogens with zero attached hydrogens (tertiary/aromatic N) is 2. The summed E-state index contributed by atoms with van der Waals surface area (Å²) < 4.78 is 5.46. The second kappa shape index (κ2) is 6.94. The molecule has 1 fully saturated rings. The molecule has 0 saturated carbocycles. The van der Waals surface area contributed by atoms with Crippen LogP contribution >= 0.6 is 0 Å². The summed E-state index contributed by atoms with van der Waals surface area (Å²) in [5.41, 5.74) is 0.551. The average molecular weight is 340 g/mol. The molecule has 0 radical (unpaired) electrons. The topological polar surface area (TPSA) is 74.0 Å². The van der Waals surface area contributed by atoms with Crippen molar-refractivity contribution in [2.45, 2.75) is 6.04 Å². The lowest BCUT2D eigenvalue weighted by molar-refractivity contribution is -0.140. The number of amides is 1. The number of hydrogen-bond donors (Lipinski definition) is 1. The molecule has 2 aromatic rings. The van der Waals surface area contributed by atoms with Gasteiger partial charge in [0.1, 0.15) is 17.6 Å². The predicted octanol–water partition coefficient (Wildman–Crippen LogP) is 2.26. The first-order valence-electron chi connectivity index (χ1n) is 8.02. The third-order valence-electron chi connectivity index (χ3n) is 4.19. The van der Waals surface area contributed by atoms with Gasteiger partial charge in [0.15, 0.2) is 0 Å². The fraction of sp³-hybridized carbons (Fsp3) is 0.263. The molecule has 2 heterocycles. The molecule has 1 N–H and O–H groups in total. The smallest absolute Gasteiger partial charge is 0.295 e. The van der Waals surface area contributed by atoms with Crippen LogP contribution in [-0.4, -0.2) is 53.8 Å². The van der Waals surface area contributed by atoms with Crippen molar-refractivity contribution >= 4 is 17.4 Å². The minimum Gasteiger partial charge on any atom is -0.507 e. The minimum atomic E-state index is -0.727. The zero-order chi connectivity index (χ0) is 18.0. The van der Waals surface area contributed by atoms with Gasteiger partial charge in [0.25, 0.3) is 11.7 Å². The Bertz CT molecular complexity index is 794. The molecule has 1 amide bonds. The number of benzene rings is 1. The molecule has 0 aliphatic carbocycles. The van der Waals surface area contributed by atoms with Crippen molar-refractivity contribution < 1.29 is 19.1 Å². The van der Waals surface area contributed by atoms with E-state index in [0.717, 1.165) is 0 Å². The quantitative estimate of drug-likeness (QED) is 0.513. The molecule has 3 rings (SSSR count). The van der Waals surface area contributed by atoms with Gasteiger partial charge in [-0.2, -0.15) is 0 Å². The van der Waals surface area contributed by atoms with E-state index in [1.165, 1.54) is 11.2 Å². The Kier molecular flexibility index (Phi) is 4.72. The molecule has 0 unspecified atom stereocenters. The number of likely N-dealkylation sites (N-methyl/N-ethyl adjacent to an activating group) is 1. The van der Waals surface area contributed by atoms with Gasteiger partial charge < -0.3 is 19.3 Å².